The number of hydrogen-bond acceptors (Lipinski definition) is 3. The molecule has 2 rings (SSSR count). The van der Waals surface area contributed by atoms with Gasteiger partial charge in [-0.15, -0.1) is 0 Å². The van der Waals surface area contributed by atoms with Crippen LogP contribution in [0.15, 0.2) is 12.4 Å². The first-order chi connectivity index (χ1) is 8.25. The predicted octanol–water partition coefficient (Wildman–Crippen LogP) is 3.28. The van der Waals surface area contributed by atoms with Crippen molar-refractivity contribution in [2.45, 2.75) is 51.1 Å². The van der Waals surface area contributed by atoms with Gasteiger partial charge in [0.1, 0.15) is 5.15 Å². The second-order valence-electron chi connectivity index (χ2n) is 4.89. The number of rotatable bonds is 3. The molecule has 0 saturated heterocycles. The Balaban J connectivity index is 1.90. The van der Waals surface area contributed by atoms with E-state index in [1.165, 1.54) is 38.5 Å². The van der Waals surface area contributed by atoms with Crippen molar-refractivity contribution < 1.29 is 0 Å². The molecule has 0 aromatic carbocycles. The Kier molecular flexibility index (Phi) is 4.75. The van der Waals surface area contributed by atoms with Crippen molar-refractivity contribution in [1.82, 2.24) is 14.9 Å². The van der Waals surface area contributed by atoms with Gasteiger partial charge in [-0.05, 0) is 19.9 Å². The molecule has 4 heteroatoms. The van der Waals surface area contributed by atoms with Crippen LogP contribution in [0.25, 0.3) is 0 Å². The van der Waals surface area contributed by atoms with Crippen LogP contribution in [-0.2, 0) is 6.54 Å². The standard InChI is InChI=1S/C13H20ClN3/c1-17(12-6-4-2-3-5-7-12)10-11-8-16-13(14)9-15-11/h8-9,12H,2-7,10H2,1H3. The summed E-state index contributed by atoms with van der Waals surface area (Å²) in [7, 11) is 2.19. The monoisotopic (exact) mass is 253 g/mol. The van der Waals surface area contributed by atoms with Crippen LogP contribution >= 0.6 is 11.6 Å². The summed E-state index contributed by atoms with van der Waals surface area (Å²) >= 11 is 5.73. The summed E-state index contributed by atoms with van der Waals surface area (Å²) in [4.78, 5) is 10.8. The van der Waals surface area contributed by atoms with Crippen LogP contribution in [0, 0.1) is 0 Å². The SMILES string of the molecule is CN(Cc1cnc(Cl)cn1)C1CCCCCC1. The maximum Gasteiger partial charge on any atom is 0.147 e. The van der Waals surface area contributed by atoms with Gasteiger partial charge < -0.3 is 0 Å². The minimum atomic E-state index is 0.464. The third-order valence-corrected chi connectivity index (χ3v) is 3.73. The van der Waals surface area contributed by atoms with Gasteiger partial charge in [0.2, 0.25) is 0 Å². The lowest BCUT2D eigenvalue weighted by molar-refractivity contribution is 0.210. The van der Waals surface area contributed by atoms with Crippen molar-refractivity contribution in [3.05, 3.63) is 23.2 Å². The first-order valence-electron chi connectivity index (χ1n) is 6.42. The van der Waals surface area contributed by atoms with Crippen LogP contribution < -0.4 is 0 Å². The van der Waals surface area contributed by atoms with Gasteiger partial charge in [-0.1, -0.05) is 37.3 Å². The molecule has 0 unspecified atom stereocenters. The van der Waals surface area contributed by atoms with Gasteiger partial charge in [-0.2, -0.15) is 0 Å². The van der Waals surface area contributed by atoms with Gasteiger partial charge in [0, 0.05) is 12.6 Å². The van der Waals surface area contributed by atoms with E-state index in [1.807, 2.05) is 0 Å². The highest BCUT2D eigenvalue weighted by molar-refractivity contribution is 6.29. The molecule has 0 bridgehead atoms. The zero-order valence-corrected chi connectivity index (χ0v) is 11.2. The van der Waals surface area contributed by atoms with E-state index in [2.05, 4.69) is 21.9 Å². The van der Waals surface area contributed by atoms with Crippen molar-refractivity contribution in [3.63, 3.8) is 0 Å². The van der Waals surface area contributed by atoms with Crippen molar-refractivity contribution in [1.29, 1.82) is 0 Å². The Morgan fingerprint density at radius 1 is 1.18 bits per heavy atom. The van der Waals surface area contributed by atoms with E-state index in [1.54, 1.807) is 12.4 Å². The quantitative estimate of drug-likeness (QED) is 0.774. The average Bonchev–Trinajstić information content (AvgIpc) is 2.61. The normalized spacial score (nSPS) is 18.3. The van der Waals surface area contributed by atoms with Gasteiger partial charge in [-0.3, -0.25) is 9.88 Å². The Morgan fingerprint density at radius 3 is 2.47 bits per heavy atom. The number of nitrogens with zero attached hydrogens (tertiary/aromatic N) is 3. The second-order valence-corrected chi connectivity index (χ2v) is 5.28. The molecule has 0 spiro atoms. The molecule has 1 aromatic heterocycles. The lowest BCUT2D eigenvalue weighted by Gasteiger charge is -2.26. The summed E-state index contributed by atoms with van der Waals surface area (Å²) in [6.07, 6.45) is 11.5. The molecule has 1 saturated carbocycles. The van der Waals surface area contributed by atoms with Crippen molar-refractivity contribution in [2.24, 2.45) is 0 Å². The molecule has 1 fully saturated rings. The molecule has 0 amide bonds. The fraction of sp³-hybridized carbons (Fsp3) is 0.692. The minimum Gasteiger partial charge on any atom is -0.298 e. The van der Waals surface area contributed by atoms with E-state index in [0.29, 0.717) is 11.2 Å². The van der Waals surface area contributed by atoms with E-state index in [4.69, 9.17) is 11.6 Å². The van der Waals surface area contributed by atoms with Crippen molar-refractivity contribution >= 4 is 11.6 Å². The largest absolute Gasteiger partial charge is 0.298 e. The lowest BCUT2D eigenvalue weighted by atomic mass is 10.1. The van der Waals surface area contributed by atoms with Gasteiger partial charge in [0.25, 0.3) is 0 Å². The summed E-state index contributed by atoms with van der Waals surface area (Å²) < 4.78 is 0. The van der Waals surface area contributed by atoms with E-state index in [9.17, 15) is 0 Å². The summed E-state index contributed by atoms with van der Waals surface area (Å²) in [5.41, 5.74) is 1.00. The van der Waals surface area contributed by atoms with Gasteiger partial charge in [0.05, 0.1) is 18.1 Å². The van der Waals surface area contributed by atoms with E-state index in [-0.39, 0.29) is 0 Å². The van der Waals surface area contributed by atoms with Gasteiger partial charge in [0.15, 0.2) is 0 Å². The van der Waals surface area contributed by atoms with Crippen LogP contribution in [-0.4, -0.2) is 28.0 Å². The topological polar surface area (TPSA) is 29.0 Å². The summed E-state index contributed by atoms with van der Waals surface area (Å²) in [5, 5.41) is 0.464. The van der Waals surface area contributed by atoms with Gasteiger partial charge >= 0.3 is 0 Å². The molecular weight excluding hydrogens is 234 g/mol. The third kappa shape index (κ3) is 3.93. The fourth-order valence-corrected chi connectivity index (χ4v) is 2.60. The van der Waals surface area contributed by atoms with Crippen molar-refractivity contribution in [2.75, 3.05) is 7.05 Å². The Hall–Kier alpha value is -0.670. The molecule has 0 N–H and O–H groups in total. The number of hydrogen-bond donors (Lipinski definition) is 0. The van der Waals surface area contributed by atoms with Crippen LogP contribution in [0.4, 0.5) is 0 Å². The van der Waals surface area contributed by atoms with Gasteiger partial charge in [-0.25, -0.2) is 4.98 Å². The smallest absolute Gasteiger partial charge is 0.147 e. The van der Waals surface area contributed by atoms with E-state index >= 15 is 0 Å². The highest BCUT2D eigenvalue weighted by atomic mass is 35.5. The number of halogens is 1. The molecule has 0 atom stereocenters. The first kappa shape index (κ1) is 12.8. The average molecular weight is 254 g/mol. The molecule has 0 aliphatic heterocycles. The molecule has 1 aliphatic carbocycles. The summed E-state index contributed by atoms with van der Waals surface area (Å²) in [6, 6.07) is 0.704. The first-order valence-corrected chi connectivity index (χ1v) is 6.80. The van der Waals surface area contributed by atoms with E-state index in [0.717, 1.165) is 12.2 Å². The maximum atomic E-state index is 5.73. The Morgan fingerprint density at radius 2 is 1.88 bits per heavy atom. The van der Waals surface area contributed by atoms with Crippen LogP contribution in [0.1, 0.15) is 44.2 Å². The van der Waals surface area contributed by atoms with Crippen molar-refractivity contribution in [3.8, 4) is 0 Å². The second kappa shape index (κ2) is 6.31. The van der Waals surface area contributed by atoms with Crippen LogP contribution in [0.5, 0.6) is 0 Å². The minimum absolute atomic E-state index is 0.464. The lowest BCUT2D eigenvalue weighted by Crippen LogP contribution is -2.31. The van der Waals surface area contributed by atoms with Crippen LogP contribution in [0.3, 0.4) is 0 Å². The summed E-state index contributed by atoms with van der Waals surface area (Å²) in [5.74, 6) is 0. The molecule has 1 heterocycles. The zero-order chi connectivity index (χ0) is 12.1. The molecule has 1 aliphatic rings. The molecular formula is C13H20ClN3. The fourth-order valence-electron chi connectivity index (χ4n) is 2.50. The molecule has 3 nitrogen and oxygen atoms in total. The third-order valence-electron chi connectivity index (χ3n) is 3.53. The highest BCUT2D eigenvalue weighted by Gasteiger charge is 2.17. The maximum absolute atomic E-state index is 5.73. The Bertz CT molecular complexity index is 331. The van der Waals surface area contributed by atoms with Crippen LogP contribution in [0.2, 0.25) is 5.15 Å². The Labute approximate surface area is 108 Å². The molecule has 0 radical (unpaired) electrons. The zero-order valence-electron chi connectivity index (χ0n) is 10.4. The number of aromatic nitrogens is 2. The van der Waals surface area contributed by atoms with E-state index < -0.39 is 0 Å². The molecule has 94 valence electrons. The highest BCUT2D eigenvalue weighted by Crippen LogP contribution is 2.21. The molecule has 1 aromatic rings. The molecule has 17 heavy (non-hydrogen) atoms. The predicted molar refractivity (Wildman–Crippen MR) is 70.0 cm³/mol. The summed E-state index contributed by atoms with van der Waals surface area (Å²) in [6.45, 7) is 0.870.